The third-order valence-electron chi connectivity index (χ3n) is 3.26. The molecule has 1 amide bonds. The first-order valence-corrected chi connectivity index (χ1v) is 6.99. The molecule has 110 valence electrons. The van der Waals surface area contributed by atoms with Crippen LogP contribution in [0.1, 0.15) is 23.0 Å². The van der Waals surface area contributed by atoms with Crippen molar-refractivity contribution in [3.8, 4) is 11.4 Å². The van der Waals surface area contributed by atoms with E-state index in [9.17, 15) is 4.79 Å². The van der Waals surface area contributed by atoms with E-state index >= 15 is 0 Å². The number of aromatic amines is 1. The maximum absolute atomic E-state index is 12.3. The summed E-state index contributed by atoms with van der Waals surface area (Å²) in [5.41, 5.74) is 3.43. The van der Waals surface area contributed by atoms with Crippen LogP contribution in [0.25, 0.3) is 11.4 Å². The molecule has 0 saturated carbocycles. The Morgan fingerprint density at radius 3 is 2.77 bits per heavy atom. The summed E-state index contributed by atoms with van der Waals surface area (Å²) in [4.78, 5) is 20.8. The van der Waals surface area contributed by atoms with Crippen LogP contribution in [0.4, 0.5) is 5.69 Å². The zero-order valence-electron chi connectivity index (χ0n) is 12.1. The molecule has 0 unspecified atom stereocenters. The molecule has 6 nitrogen and oxygen atoms in total. The van der Waals surface area contributed by atoms with E-state index in [2.05, 4.69) is 25.5 Å². The molecule has 0 atom stereocenters. The van der Waals surface area contributed by atoms with Crippen molar-refractivity contribution in [1.29, 1.82) is 0 Å². The number of amides is 1. The number of H-pyrrole nitrogens is 1. The second-order valence-corrected chi connectivity index (χ2v) is 4.72. The number of anilines is 1. The number of nitrogens with zero attached hydrogens (tertiary/aromatic N) is 3. The molecule has 0 saturated heterocycles. The highest BCUT2D eigenvalue weighted by Crippen LogP contribution is 2.23. The highest BCUT2D eigenvalue weighted by Gasteiger charge is 2.13. The van der Waals surface area contributed by atoms with Crippen LogP contribution in [0.15, 0.2) is 48.9 Å². The van der Waals surface area contributed by atoms with Crippen molar-refractivity contribution in [2.75, 3.05) is 5.32 Å². The zero-order valence-corrected chi connectivity index (χ0v) is 12.1. The Kier molecular flexibility index (Phi) is 3.91. The predicted octanol–water partition coefficient (Wildman–Crippen LogP) is 2.68. The van der Waals surface area contributed by atoms with Crippen molar-refractivity contribution in [2.24, 2.45) is 0 Å². The number of rotatable bonds is 4. The van der Waals surface area contributed by atoms with Crippen molar-refractivity contribution >= 4 is 11.6 Å². The number of nitrogens with one attached hydrogen (secondary N) is 2. The van der Waals surface area contributed by atoms with Crippen LogP contribution in [0.5, 0.6) is 0 Å². The molecule has 3 aromatic heterocycles. The van der Waals surface area contributed by atoms with Gasteiger partial charge in [0, 0.05) is 18.1 Å². The molecule has 0 spiro atoms. The highest BCUT2D eigenvalue weighted by molar-refractivity contribution is 6.05. The highest BCUT2D eigenvalue weighted by atomic mass is 16.1. The maximum atomic E-state index is 12.3. The van der Waals surface area contributed by atoms with Crippen LogP contribution < -0.4 is 5.32 Å². The van der Waals surface area contributed by atoms with Crippen molar-refractivity contribution in [3.05, 3.63) is 60.2 Å². The Labute approximate surface area is 127 Å². The minimum absolute atomic E-state index is 0.228. The summed E-state index contributed by atoms with van der Waals surface area (Å²) in [5, 5.41) is 9.66. The summed E-state index contributed by atoms with van der Waals surface area (Å²) in [6.45, 7) is 2.02. The van der Waals surface area contributed by atoms with Crippen LogP contribution >= 0.6 is 0 Å². The van der Waals surface area contributed by atoms with Gasteiger partial charge in [-0.25, -0.2) is 0 Å². The third-order valence-corrected chi connectivity index (χ3v) is 3.26. The van der Waals surface area contributed by atoms with Crippen molar-refractivity contribution < 1.29 is 4.79 Å². The Bertz CT molecular complexity index is 765. The first kappa shape index (κ1) is 13.9. The Morgan fingerprint density at radius 1 is 1.18 bits per heavy atom. The molecule has 0 aliphatic heterocycles. The topological polar surface area (TPSA) is 83.6 Å². The number of carbonyl (C=O) groups is 1. The van der Waals surface area contributed by atoms with Crippen LogP contribution in [0, 0.1) is 0 Å². The van der Waals surface area contributed by atoms with E-state index in [4.69, 9.17) is 0 Å². The lowest BCUT2D eigenvalue weighted by atomic mass is 10.2. The molecule has 0 fully saturated rings. The van der Waals surface area contributed by atoms with Crippen LogP contribution in [-0.4, -0.2) is 26.1 Å². The molecular weight excluding hydrogens is 278 g/mol. The van der Waals surface area contributed by atoms with Gasteiger partial charge in [-0.2, -0.15) is 5.10 Å². The molecular formula is C16H15N5O. The zero-order chi connectivity index (χ0) is 15.4. The van der Waals surface area contributed by atoms with E-state index in [1.807, 2.05) is 31.2 Å². The second kappa shape index (κ2) is 6.17. The quantitative estimate of drug-likeness (QED) is 0.774. The lowest BCUT2D eigenvalue weighted by molar-refractivity contribution is 0.102. The summed E-state index contributed by atoms with van der Waals surface area (Å²) in [6, 6.07) is 9.17. The molecule has 0 aliphatic rings. The van der Waals surface area contributed by atoms with Crippen LogP contribution in [0.2, 0.25) is 0 Å². The predicted molar refractivity (Wildman–Crippen MR) is 83.4 cm³/mol. The van der Waals surface area contributed by atoms with Gasteiger partial charge >= 0.3 is 0 Å². The molecule has 22 heavy (non-hydrogen) atoms. The van der Waals surface area contributed by atoms with Gasteiger partial charge in [0.15, 0.2) is 0 Å². The standard InChI is InChI=1S/C16H15N5O/c1-2-12-7-6-11(9-18-12)16(22)20-14-10-19-21-15(14)13-5-3-4-8-17-13/h3-10H,2H2,1H3,(H,19,21)(H,20,22). The first-order chi connectivity index (χ1) is 10.8. The molecule has 3 aromatic rings. The normalized spacial score (nSPS) is 10.4. The molecule has 0 aliphatic carbocycles. The number of carbonyl (C=O) groups excluding carboxylic acids is 1. The smallest absolute Gasteiger partial charge is 0.257 e. The third kappa shape index (κ3) is 2.85. The minimum atomic E-state index is -0.228. The van der Waals surface area contributed by atoms with E-state index < -0.39 is 0 Å². The van der Waals surface area contributed by atoms with Crippen molar-refractivity contribution in [1.82, 2.24) is 20.2 Å². The monoisotopic (exact) mass is 293 g/mol. The summed E-state index contributed by atoms with van der Waals surface area (Å²) < 4.78 is 0. The van der Waals surface area contributed by atoms with Gasteiger partial charge in [-0.05, 0) is 30.7 Å². The van der Waals surface area contributed by atoms with Gasteiger partial charge in [-0.15, -0.1) is 0 Å². The fraction of sp³-hybridized carbons (Fsp3) is 0.125. The van der Waals surface area contributed by atoms with Gasteiger partial charge in [-0.1, -0.05) is 13.0 Å². The van der Waals surface area contributed by atoms with Gasteiger partial charge in [0.1, 0.15) is 5.69 Å². The van der Waals surface area contributed by atoms with Gasteiger partial charge in [0.25, 0.3) is 5.91 Å². The molecule has 0 bridgehead atoms. The van der Waals surface area contributed by atoms with Gasteiger partial charge < -0.3 is 5.32 Å². The molecule has 3 rings (SSSR count). The van der Waals surface area contributed by atoms with Gasteiger partial charge in [-0.3, -0.25) is 19.9 Å². The fourth-order valence-electron chi connectivity index (χ4n) is 2.05. The minimum Gasteiger partial charge on any atom is -0.319 e. The first-order valence-electron chi connectivity index (χ1n) is 6.99. The molecule has 0 radical (unpaired) electrons. The lowest BCUT2D eigenvalue weighted by Gasteiger charge is -2.06. The van der Waals surface area contributed by atoms with Gasteiger partial charge in [0.2, 0.25) is 0 Å². The molecule has 3 heterocycles. The van der Waals surface area contributed by atoms with E-state index in [-0.39, 0.29) is 5.91 Å². The number of pyridine rings is 2. The molecule has 2 N–H and O–H groups in total. The molecule has 0 aromatic carbocycles. The number of hydrogen-bond donors (Lipinski definition) is 2. The summed E-state index contributed by atoms with van der Waals surface area (Å²) in [6.07, 6.45) is 5.67. The van der Waals surface area contributed by atoms with Gasteiger partial charge in [0.05, 0.1) is 23.1 Å². The Balaban J connectivity index is 1.81. The van der Waals surface area contributed by atoms with E-state index in [0.717, 1.165) is 17.8 Å². The Hall–Kier alpha value is -3.02. The van der Waals surface area contributed by atoms with E-state index in [1.54, 1.807) is 24.7 Å². The number of aromatic nitrogens is 4. The van der Waals surface area contributed by atoms with Crippen molar-refractivity contribution in [2.45, 2.75) is 13.3 Å². The number of hydrogen-bond acceptors (Lipinski definition) is 4. The Morgan fingerprint density at radius 2 is 2.09 bits per heavy atom. The van der Waals surface area contributed by atoms with Crippen LogP contribution in [-0.2, 0) is 6.42 Å². The van der Waals surface area contributed by atoms with Crippen molar-refractivity contribution in [3.63, 3.8) is 0 Å². The van der Waals surface area contributed by atoms with E-state index in [1.165, 1.54) is 0 Å². The summed E-state index contributed by atoms with van der Waals surface area (Å²) >= 11 is 0. The average molecular weight is 293 g/mol. The SMILES string of the molecule is CCc1ccc(C(=O)Nc2cn[nH]c2-c2ccccn2)cn1. The maximum Gasteiger partial charge on any atom is 0.257 e. The van der Waals surface area contributed by atoms with Crippen LogP contribution in [0.3, 0.4) is 0 Å². The lowest BCUT2D eigenvalue weighted by Crippen LogP contribution is -2.12. The summed E-state index contributed by atoms with van der Waals surface area (Å²) in [7, 11) is 0. The average Bonchev–Trinajstić information content (AvgIpc) is 3.04. The fourth-order valence-corrected chi connectivity index (χ4v) is 2.05. The molecule has 6 heteroatoms. The largest absolute Gasteiger partial charge is 0.319 e. The number of aryl methyl sites for hydroxylation is 1. The summed E-state index contributed by atoms with van der Waals surface area (Å²) in [5.74, 6) is -0.228. The second-order valence-electron chi connectivity index (χ2n) is 4.72. The van der Waals surface area contributed by atoms with E-state index in [0.29, 0.717) is 16.9 Å².